The van der Waals surface area contributed by atoms with E-state index in [0.29, 0.717) is 51.7 Å². The highest BCUT2D eigenvalue weighted by atomic mass is 32.2. The van der Waals surface area contributed by atoms with E-state index in [1.165, 1.54) is 33.1 Å². The summed E-state index contributed by atoms with van der Waals surface area (Å²) < 4.78 is 54.3. The zero-order valence-electron chi connectivity index (χ0n) is 20.1. The molecule has 0 radical (unpaired) electrons. The first-order valence-corrected chi connectivity index (χ1v) is 12.1. The molecule has 2 unspecified atom stereocenters. The van der Waals surface area contributed by atoms with Crippen LogP contribution in [0.3, 0.4) is 0 Å². The molecule has 0 heterocycles. The minimum absolute atomic E-state index is 0.356. The van der Waals surface area contributed by atoms with Gasteiger partial charge in [0.2, 0.25) is 11.7 Å². The Morgan fingerprint density at radius 1 is 1.14 bits per heavy atom. The molecule has 12 heteroatoms. The van der Waals surface area contributed by atoms with E-state index < -0.39 is 36.7 Å². The Kier molecular flexibility index (Phi) is 8.62. The number of benzene rings is 1. The second-order valence-corrected chi connectivity index (χ2v) is 8.82. The number of amides is 2. The number of ether oxygens (including phenoxy) is 3. The predicted octanol–water partition coefficient (Wildman–Crippen LogP) is 2.75. The van der Waals surface area contributed by atoms with Gasteiger partial charge in [-0.15, -0.1) is 11.8 Å². The van der Waals surface area contributed by atoms with Gasteiger partial charge in [0.15, 0.2) is 11.5 Å². The summed E-state index contributed by atoms with van der Waals surface area (Å²) in [6, 6.07) is 1.13. The van der Waals surface area contributed by atoms with Crippen LogP contribution in [-0.2, 0) is 16.0 Å². The van der Waals surface area contributed by atoms with E-state index in [9.17, 15) is 27.9 Å². The van der Waals surface area contributed by atoms with E-state index >= 15 is 0 Å². The number of aliphatic hydroxyl groups is 1. The van der Waals surface area contributed by atoms with Crippen molar-refractivity contribution in [2.75, 3.05) is 34.1 Å². The van der Waals surface area contributed by atoms with E-state index in [-0.39, 0.29) is 0 Å². The van der Waals surface area contributed by atoms with E-state index in [1.807, 2.05) is 12.3 Å². The number of hydrogen-bond donors (Lipinski definition) is 3. The number of carbonyl (C=O) groups excluding carboxylic acids is 2. The predicted molar refractivity (Wildman–Crippen MR) is 129 cm³/mol. The molecule has 1 aromatic carbocycles. The van der Waals surface area contributed by atoms with Crippen molar-refractivity contribution in [2.45, 2.75) is 31.2 Å². The maximum Gasteiger partial charge on any atom is 0.471 e. The molecule has 0 fully saturated rings. The summed E-state index contributed by atoms with van der Waals surface area (Å²) in [5, 5.41) is 15.1. The first-order valence-electron chi connectivity index (χ1n) is 10.9. The number of nitrogens with one attached hydrogen (secondary N) is 2. The Balaban J connectivity index is 2.06. The van der Waals surface area contributed by atoms with E-state index in [1.54, 1.807) is 23.5 Å². The molecule has 3 N–H and O–H groups in total. The van der Waals surface area contributed by atoms with Crippen molar-refractivity contribution < 1.29 is 42.1 Å². The van der Waals surface area contributed by atoms with Gasteiger partial charge < -0.3 is 30.0 Å². The highest BCUT2D eigenvalue weighted by Crippen LogP contribution is 2.49. The largest absolute Gasteiger partial charge is 0.493 e. The van der Waals surface area contributed by atoms with Crippen molar-refractivity contribution in [2.24, 2.45) is 0 Å². The SMILES string of the molecule is COc1cc2c(c(OC)c1OC)C1=CC=C(SC)C(O)C=C1C(NC(=O)CNC(=O)C(F)(F)F)CC2. The van der Waals surface area contributed by atoms with Crippen LogP contribution in [0.2, 0.25) is 0 Å². The summed E-state index contributed by atoms with van der Waals surface area (Å²) in [4.78, 5) is 24.3. The Morgan fingerprint density at radius 3 is 2.42 bits per heavy atom. The van der Waals surface area contributed by atoms with Crippen LogP contribution in [-0.4, -0.2) is 69.4 Å². The Bertz CT molecular complexity index is 1130. The number of hydrogen-bond acceptors (Lipinski definition) is 7. The third kappa shape index (κ3) is 5.65. The molecule has 2 atom stereocenters. The third-order valence-electron chi connectivity index (χ3n) is 5.85. The monoisotopic (exact) mass is 528 g/mol. The molecule has 196 valence electrons. The zero-order chi connectivity index (χ0) is 26.6. The molecule has 0 aromatic heterocycles. The summed E-state index contributed by atoms with van der Waals surface area (Å²) in [6.07, 6.45) is 1.72. The maximum atomic E-state index is 12.5. The Labute approximate surface area is 210 Å². The third-order valence-corrected chi connectivity index (χ3v) is 6.70. The summed E-state index contributed by atoms with van der Waals surface area (Å²) >= 11 is 1.36. The summed E-state index contributed by atoms with van der Waals surface area (Å²) in [7, 11) is 4.47. The Hall–Kier alpha value is -3.12. The average Bonchev–Trinajstić information content (AvgIpc) is 3.09. The van der Waals surface area contributed by atoms with Gasteiger partial charge in [0, 0.05) is 10.5 Å². The lowest BCUT2D eigenvalue weighted by molar-refractivity contribution is -0.173. The smallest absolute Gasteiger partial charge is 0.471 e. The van der Waals surface area contributed by atoms with Gasteiger partial charge in [-0.3, -0.25) is 9.59 Å². The van der Waals surface area contributed by atoms with Crippen molar-refractivity contribution in [1.82, 2.24) is 10.6 Å². The van der Waals surface area contributed by atoms with Crippen molar-refractivity contribution in [3.63, 3.8) is 0 Å². The lowest BCUT2D eigenvalue weighted by atomic mass is 9.91. The fourth-order valence-electron chi connectivity index (χ4n) is 4.23. The van der Waals surface area contributed by atoms with Gasteiger partial charge >= 0.3 is 12.1 Å². The van der Waals surface area contributed by atoms with Crippen molar-refractivity contribution in [3.8, 4) is 17.2 Å². The number of fused-ring (bicyclic) bond motifs is 3. The van der Waals surface area contributed by atoms with Gasteiger partial charge in [0.1, 0.15) is 6.10 Å². The lowest BCUT2D eigenvalue weighted by Crippen LogP contribution is -2.46. The fraction of sp³-hybridized carbons (Fsp3) is 0.417. The van der Waals surface area contributed by atoms with E-state index in [4.69, 9.17) is 14.2 Å². The highest BCUT2D eigenvalue weighted by molar-refractivity contribution is 8.02. The number of thioether (sulfide) groups is 1. The second kappa shape index (κ2) is 11.3. The molecule has 0 bridgehead atoms. The number of rotatable bonds is 7. The van der Waals surface area contributed by atoms with Gasteiger partial charge in [0.05, 0.1) is 33.9 Å². The quantitative estimate of drug-likeness (QED) is 0.500. The van der Waals surface area contributed by atoms with Crippen LogP contribution in [0, 0.1) is 0 Å². The van der Waals surface area contributed by atoms with Crippen LogP contribution in [0.4, 0.5) is 13.2 Å². The summed E-state index contributed by atoms with van der Waals surface area (Å²) in [5.41, 5.74) is 2.73. The van der Waals surface area contributed by atoms with Crippen molar-refractivity contribution >= 4 is 29.1 Å². The average molecular weight is 529 g/mol. The normalized spacial score (nSPS) is 19.3. The van der Waals surface area contributed by atoms with Crippen LogP contribution in [0.25, 0.3) is 5.57 Å². The topological polar surface area (TPSA) is 106 Å². The highest BCUT2D eigenvalue weighted by Gasteiger charge is 2.39. The lowest BCUT2D eigenvalue weighted by Gasteiger charge is -2.23. The first kappa shape index (κ1) is 27.5. The minimum atomic E-state index is -5.09. The van der Waals surface area contributed by atoms with E-state index in [2.05, 4.69) is 5.32 Å². The molecule has 0 spiro atoms. The molecule has 1 aromatic rings. The molecule has 0 aliphatic heterocycles. The number of aryl methyl sites for hydroxylation is 1. The molecular weight excluding hydrogens is 501 g/mol. The molecule has 2 aliphatic carbocycles. The van der Waals surface area contributed by atoms with Crippen molar-refractivity contribution in [3.05, 3.63) is 45.9 Å². The number of methoxy groups -OCH3 is 3. The van der Waals surface area contributed by atoms with Gasteiger partial charge in [0.25, 0.3) is 0 Å². The molecule has 36 heavy (non-hydrogen) atoms. The number of halogens is 3. The van der Waals surface area contributed by atoms with Crippen LogP contribution >= 0.6 is 11.8 Å². The number of alkyl halides is 3. The molecule has 8 nitrogen and oxygen atoms in total. The summed E-state index contributed by atoms with van der Waals surface area (Å²) in [5.74, 6) is -1.78. The Morgan fingerprint density at radius 2 is 1.83 bits per heavy atom. The molecule has 2 aliphatic rings. The number of carbonyl (C=O) groups is 2. The number of aliphatic hydroxyl groups excluding tert-OH is 1. The second-order valence-electron chi connectivity index (χ2n) is 7.94. The van der Waals surface area contributed by atoms with Gasteiger partial charge in [-0.1, -0.05) is 6.08 Å². The van der Waals surface area contributed by atoms with Crippen LogP contribution in [0.1, 0.15) is 17.5 Å². The molecule has 2 amide bonds. The van der Waals surface area contributed by atoms with Crippen LogP contribution in [0.5, 0.6) is 17.2 Å². The van der Waals surface area contributed by atoms with Crippen LogP contribution in [0.15, 0.2) is 34.8 Å². The van der Waals surface area contributed by atoms with Gasteiger partial charge in [-0.2, -0.15) is 13.2 Å². The van der Waals surface area contributed by atoms with Crippen molar-refractivity contribution in [1.29, 1.82) is 0 Å². The molecule has 0 saturated heterocycles. The molecule has 3 rings (SSSR count). The first-order chi connectivity index (χ1) is 17.0. The fourth-order valence-corrected chi connectivity index (χ4v) is 4.75. The van der Waals surface area contributed by atoms with Gasteiger partial charge in [-0.05, 0) is 54.0 Å². The molecular formula is C24H27F3N2O6S. The van der Waals surface area contributed by atoms with E-state index in [0.717, 1.165) is 5.56 Å². The standard InChI is InChI=1S/C24H27F3N2O6S/c1-33-17-9-12-5-7-15(29-19(31)11-28-23(32)24(25,26)27)14-10-16(30)18(36-4)8-6-13(14)20(12)22(35-3)21(17)34-2/h6,8-10,15-16,30H,5,7,11H2,1-4H3,(H,28,32)(H,29,31). The molecule has 0 saturated carbocycles. The minimum Gasteiger partial charge on any atom is -0.493 e. The number of allylic oxidation sites excluding steroid dienone is 2. The maximum absolute atomic E-state index is 12.5. The summed E-state index contributed by atoms with van der Waals surface area (Å²) in [6.45, 7) is -0.851. The zero-order valence-corrected chi connectivity index (χ0v) is 20.9. The van der Waals surface area contributed by atoms with Crippen LogP contribution < -0.4 is 24.8 Å². The van der Waals surface area contributed by atoms with Gasteiger partial charge in [-0.25, -0.2) is 0 Å².